The van der Waals surface area contributed by atoms with Crippen LogP contribution in [0.2, 0.25) is 0 Å². The van der Waals surface area contributed by atoms with Crippen molar-refractivity contribution < 1.29 is 0 Å². The van der Waals surface area contributed by atoms with Crippen LogP contribution in [0, 0.1) is 0 Å². The van der Waals surface area contributed by atoms with Crippen molar-refractivity contribution in [3.8, 4) is 0 Å². The normalized spacial score (nSPS) is 28.6. The van der Waals surface area contributed by atoms with E-state index in [4.69, 9.17) is 0 Å². The quantitative estimate of drug-likeness (QED) is 0.728. The maximum absolute atomic E-state index is 4.13. The van der Waals surface area contributed by atoms with Gasteiger partial charge in [0.25, 0.3) is 0 Å². The summed E-state index contributed by atoms with van der Waals surface area (Å²) < 4.78 is 2.26. The van der Waals surface area contributed by atoms with Crippen molar-refractivity contribution in [1.82, 2.24) is 14.9 Å². The minimum Gasteiger partial charge on any atom is -0.333 e. The lowest BCUT2D eigenvalue weighted by Gasteiger charge is -2.25. The third-order valence-corrected chi connectivity index (χ3v) is 3.26. The van der Waals surface area contributed by atoms with Crippen LogP contribution in [0.25, 0.3) is 0 Å². The third-order valence-electron chi connectivity index (χ3n) is 3.26. The summed E-state index contributed by atoms with van der Waals surface area (Å²) in [5.41, 5.74) is 0. The van der Waals surface area contributed by atoms with Crippen LogP contribution in [-0.2, 0) is 0 Å². The Bertz CT molecular complexity index is 256. The van der Waals surface area contributed by atoms with Crippen LogP contribution < -0.4 is 5.32 Å². The van der Waals surface area contributed by atoms with Gasteiger partial charge in [-0.25, -0.2) is 4.98 Å². The predicted octanol–water partition coefficient (Wildman–Crippen LogP) is 1.98. The number of nitrogens with one attached hydrogen (secondary N) is 1. The molecule has 1 aliphatic rings. The number of rotatable bonds is 2. The molecule has 1 N–H and O–H groups in total. The van der Waals surface area contributed by atoms with E-state index in [1.54, 1.807) is 0 Å². The predicted molar refractivity (Wildman–Crippen MR) is 57.2 cm³/mol. The molecule has 1 fully saturated rings. The number of nitrogens with zero attached hydrogens (tertiary/aromatic N) is 2. The number of likely N-dealkylation sites (N-methyl/N-ethyl adjacent to an activating group) is 1. The fourth-order valence-electron chi connectivity index (χ4n) is 2.45. The standard InChI is InChI=1S/C11H19N3/c1-12-10-5-3-2-4-6-11(10)14-8-7-13-9-14/h7-12H,2-6H2,1H3. The summed E-state index contributed by atoms with van der Waals surface area (Å²) in [7, 11) is 2.07. The molecule has 0 bridgehead atoms. The molecule has 3 nitrogen and oxygen atoms in total. The lowest BCUT2D eigenvalue weighted by molar-refractivity contribution is 0.347. The summed E-state index contributed by atoms with van der Waals surface area (Å²) in [6.07, 6.45) is 12.6. The molecule has 2 unspecified atom stereocenters. The molecule has 0 amide bonds. The van der Waals surface area contributed by atoms with E-state index >= 15 is 0 Å². The van der Waals surface area contributed by atoms with Crippen LogP contribution in [-0.4, -0.2) is 22.6 Å². The first-order valence-corrected chi connectivity index (χ1v) is 5.56. The maximum atomic E-state index is 4.13. The number of imidazole rings is 1. The summed E-state index contributed by atoms with van der Waals surface area (Å²) in [5, 5.41) is 3.43. The summed E-state index contributed by atoms with van der Waals surface area (Å²) in [6, 6.07) is 1.22. The van der Waals surface area contributed by atoms with E-state index in [0.717, 1.165) is 0 Å². The number of aromatic nitrogens is 2. The largest absolute Gasteiger partial charge is 0.333 e. The molecule has 0 aromatic carbocycles. The average Bonchev–Trinajstić information content (AvgIpc) is 2.63. The third kappa shape index (κ3) is 1.98. The first kappa shape index (κ1) is 9.71. The van der Waals surface area contributed by atoms with Crippen LogP contribution in [0.5, 0.6) is 0 Å². The van der Waals surface area contributed by atoms with Gasteiger partial charge in [-0.1, -0.05) is 19.3 Å². The molecule has 0 aliphatic heterocycles. The van der Waals surface area contributed by atoms with Crippen molar-refractivity contribution in [1.29, 1.82) is 0 Å². The molecular weight excluding hydrogens is 174 g/mol. The van der Waals surface area contributed by atoms with Crippen LogP contribution in [0.3, 0.4) is 0 Å². The smallest absolute Gasteiger partial charge is 0.0949 e. The van der Waals surface area contributed by atoms with E-state index in [9.17, 15) is 0 Å². The maximum Gasteiger partial charge on any atom is 0.0949 e. The van der Waals surface area contributed by atoms with Crippen molar-refractivity contribution in [2.45, 2.75) is 44.2 Å². The van der Waals surface area contributed by atoms with Gasteiger partial charge in [0.1, 0.15) is 0 Å². The number of hydrogen-bond acceptors (Lipinski definition) is 2. The Labute approximate surface area is 85.5 Å². The highest BCUT2D eigenvalue weighted by molar-refractivity contribution is 4.88. The lowest BCUT2D eigenvalue weighted by atomic mass is 10.0. The van der Waals surface area contributed by atoms with Gasteiger partial charge in [0.15, 0.2) is 0 Å². The zero-order valence-electron chi connectivity index (χ0n) is 8.82. The fraction of sp³-hybridized carbons (Fsp3) is 0.727. The van der Waals surface area contributed by atoms with Crippen molar-refractivity contribution in [3.05, 3.63) is 18.7 Å². The van der Waals surface area contributed by atoms with Gasteiger partial charge in [0.2, 0.25) is 0 Å². The summed E-state index contributed by atoms with van der Waals surface area (Å²) >= 11 is 0. The van der Waals surface area contributed by atoms with Gasteiger partial charge >= 0.3 is 0 Å². The molecule has 1 aromatic heterocycles. The molecule has 1 aromatic rings. The van der Waals surface area contributed by atoms with Gasteiger partial charge in [-0.05, 0) is 19.9 Å². The molecule has 1 saturated carbocycles. The first-order valence-electron chi connectivity index (χ1n) is 5.56. The Balaban J connectivity index is 2.12. The summed E-state index contributed by atoms with van der Waals surface area (Å²) in [5.74, 6) is 0. The Hall–Kier alpha value is -0.830. The summed E-state index contributed by atoms with van der Waals surface area (Å²) in [4.78, 5) is 4.13. The molecule has 0 saturated heterocycles. The van der Waals surface area contributed by atoms with E-state index < -0.39 is 0 Å². The van der Waals surface area contributed by atoms with Gasteiger partial charge in [0.05, 0.1) is 6.33 Å². The van der Waals surface area contributed by atoms with Crippen molar-refractivity contribution in [2.24, 2.45) is 0 Å². The van der Waals surface area contributed by atoms with Gasteiger partial charge in [0, 0.05) is 24.5 Å². The zero-order chi connectivity index (χ0) is 9.80. The molecule has 1 heterocycles. The fourth-order valence-corrected chi connectivity index (χ4v) is 2.45. The summed E-state index contributed by atoms with van der Waals surface area (Å²) in [6.45, 7) is 0. The van der Waals surface area contributed by atoms with Crippen molar-refractivity contribution in [2.75, 3.05) is 7.05 Å². The van der Waals surface area contributed by atoms with Crippen LogP contribution in [0.15, 0.2) is 18.7 Å². The molecular formula is C11H19N3. The zero-order valence-corrected chi connectivity index (χ0v) is 8.82. The van der Waals surface area contributed by atoms with Gasteiger partial charge in [-0.15, -0.1) is 0 Å². The molecule has 1 aliphatic carbocycles. The van der Waals surface area contributed by atoms with E-state index in [1.165, 1.54) is 32.1 Å². The molecule has 0 radical (unpaired) electrons. The van der Waals surface area contributed by atoms with E-state index in [-0.39, 0.29) is 0 Å². The first-order chi connectivity index (χ1) is 6.92. The second-order valence-electron chi connectivity index (χ2n) is 4.11. The highest BCUT2D eigenvalue weighted by Gasteiger charge is 2.22. The van der Waals surface area contributed by atoms with Gasteiger partial charge in [-0.2, -0.15) is 0 Å². The molecule has 3 heteroatoms. The Morgan fingerprint density at radius 3 is 2.86 bits per heavy atom. The van der Waals surface area contributed by atoms with Crippen molar-refractivity contribution in [3.63, 3.8) is 0 Å². The average molecular weight is 193 g/mol. The Morgan fingerprint density at radius 2 is 2.14 bits per heavy atom. The molecule has 2 atom stereocenters. The Morgan fingerprint density at radius 1 is 1.29 bits per heavy atom. The second kappa shape index (κ2) is 4.60. The van der Waals surface area contributed by atoms with Gasteiger partial charge < -0.3 is 9.88 Å². The highest BCUT2D eigenvalue weighted by atomic mass is 15.1. The van der Waals surface area contributed by atoms with E-state index in [1.807, 2.05) is 12.5 Å². The minimum absolute atomic E-state index is 0.602. The topological polar surface area (TPSA) is 29.9 Å². The van der Waals surface area contributed by atoms with Crippen LogP contribution in [0.1, 0.15) is 38.1 Å². The molecule has 14 heavy (non-hydrogen) atoms. The van der Waals surface area contributed by atoms with E-state index in [0.29, 0.717) is 12.1 Å². The van der Waals surface area contributed by atoms with Crippen LogP contribution >= 0.6 is 0 Å². The minimum atomic E-state index is 0.602. The number of hydrogen-bond donors (Lipinski definition) is 1. The molecule has 2 rings (SSSR count). The van der Waals surface area contributed by atoms with Gasteiger partial charge in [-0.3, -0.25) is 0 Å². The SMILES string of the molecule is CNC1CCCCCC1n1ccnc1. The van der Waals surface area contributed by atoms with E-state index in [2.05, 4.69) is 28.1 Å². The monoisotopic (exact) mass is 193 g/mol. The second-order valence-corrected chi connectivity index (χ2v) is 4.11. The van der Waals surface area contributed by atoms with Crippen molar-refractivity contribution >= 4 is 0 Å². The molecule has 78 valence electrons. The highest BCUT2D eigenvalue weighted by Crippen LogP contribution is 2.27. The van der Waals surface area contributed by atoms with Crippen LogP contribution in [0.4, 0.5) is 0 Å². The molecule has 0 spiro atoms. The Kier molecular flexibility index (Phi) is 3.19. The lowest BCUT2D eigenvalue weighted by Crippen LogP contribution is -2.34.